The number of hydrogen-bond acceptors (Lipinski definition) is 2. The number of nitrogens with two attached hydrogens (primary N) is 1. The highest BCUT2D eigenvalue weighted by atomic mass is 35.5. The normalized spacial score (nSPS) is 24.6. The zero-order valence-electron chi connectivity index (χ0n) is 9.97. The van der Waals surface area contributed by atoms with Crippen molar-refractivity contribution in [1.82, 2.24) is 0 Å². The summed E-state index contributed by atoms with van der Waals surface area (Å²) in [5, 5.41) is 4.52. The van der Waals surface area contributed by atoms with Crippen LogP contribution in [0.25, 0.3) is 0 Å². The first-order valence-corrected chi connectivity index (χ1v) is 6.83. The summed E-state index contributed by atoms with van der Waals surface area (Å²) in [6.07, 6.45) is 4.94. The molecule has 0 aliphatic heterocycles. The Labute approximate surface area is 112 Å². The standard InChI is InChI=1S/C13H18Cl2N2/c1-8-2-4-9(5-3-8)17-13-7-11(15)10(14)6-12(13)16/h6-9,17H,2-5,16H2,1H3. The molecule has 0 aromatic heterocycles. The van der Waals surface area contributed by atoms with Crippen molar-refractivity contribution in [2.24, 2.45) is 5.92 Å². The van der Waals surface area contributed by atoms with Gasteiger partial charge in [-0.3, -0.25) is 0 Å². The first kappa shape index (κ1) is 12.8. The van der Waals surface area contributed by atoms with E-state index in [9.17, 15) is 0 Å². The molecular formula is C13H18Cl2N2. The van der Waals surface area contributed by atoms with E-state index < -0.39 is 0 Å². The lowest BCUT2D eigenvalue weighted by molar-refractivity contribution is 0.361. The minimum absolute atomic E-state index is 0.505. The van der Waals surface area contributed by atoms with E-state index in [1.165, 1.54) is 25.7 Å². The van der Waals surface area contributed by atoms with Crippen LogP contribution in [-0.4, -0.2) is 6.04 Å². The summed E-state index contributed by atoms with van der Waals surface area (Å²) < 4.78 is 0. The summed E-state index contributed by atoms with van der Waals surface area (Å²) in [6, 6.07) is 4.03. The van der Waals surface area contributed by atoms with Gasteiger partial charge in [-0.05, 0) is 43.7 Å². The molecule has 0 amide bonds. The lowest BCUT2D eigenvalue weighted by atomic mass is 9.87. The van der Waals surface area contributed by atoms with E-state index in [1.807, 2.05) is 6.07 Å². The van der Waals surface area contributed by atoms with Gasteiger partial charge >= 0.3 is 0 Å². The Morgan fingerprint density at radius 2 is 1.71 bits per heavy atom. The Balaban J connectivity index is 2.06. The SMILES string of the molecule is CC1CCC(Nc2cc(Cl)c(Cl)cc2N)CC1. The van der Waals surface area contributed by atoms with Gasteiger partial charge in [-0.15, -0.1) is 0 Å². The van der Waals surface area contributed by atoms with Crippen LogP contribution in [0.15, 0.2) is 12.1 Å². The predicted molar refractivity (Wildman–Crippen MR) is 75.9 cm³/mol. The number of benzene rings is 1. The summed E-state index contributed by atoms with van der Waals surface area (Å²) in [5.41, 5.74) is 7.50. The van der Waals surface area contributed by atoms with Crippen molar-refractivity contribution in [3.63, 3.8) is 0 Å². The van der Waals surface area contributed by atoms with Crippen LogP contribution in [0.2, 0.25) is 10.0 Å². The Morgan fingerprint density at radius 1 is 1.12 bits per heavy atom. The topological polar surface area (TPSA) is 38.0 Å². The van der Waals surface area contributed by atoms with Gasteiger partial charge in [0.05, 0.1) is 21.4 Å². The van der Waals surface area contributed by atoms with Gasteiger partial charge < -0.3 is 11.1 Å². The highest BCUT2D eigenvalue weighted by molar-refractivity contribution is 6.42. The van der Waals surface area contributed by atoms with Gasteiger partial charge in [-0.25, -0.2) is 0 Å². The Bertz CT molecular complexity index is 399. The summed E-state index contributed by atoms with van der Waals surface area (Å²) in [7, 11) is 0. The third-order valence-electron chi connectivity index (χ3n) is 3.47. The maximum atomic E-state index is 6.00. The molecule has 0 radical (unpaired) electrons. The highest BCUT2D eigenvalue weighted by Gasteiger charge is 2.18. The van der Waals surface area contributed by atoms with Crippen LogP contribution < -0.4 is 11.1 Å². The van der Waals surface area contributed by atoms with E-state index in [4.69, 9.17) is 28.9 Å². The molecule has 1 aromatic carbocycles. The molecule has 0 spiro atoms. The van der Waals surface area contributed by atoms with Crippen LogP contribution in [0.3, 0.4) is 0 Å². The molecule has 1 aliphatic rings. The fraction of sp³-hybridized carbons (Fsp3) is 0.538. The largest absolute Gasteiger partial charge is 0.397 e. The van der Waals surface area contributed by atoms with Gasteiger partial charge in [-0.2, -0.15) is 0 Å². The smallest absolute Gasteiger partial charge is 0.0614 e. The van der Waals surface area contributed by atoms with Gasteiger partial charge in [-0.1, -0.05) is 30.1 Å². The Morgan fingerprint density at radius 3 is 2.35 bits per heavy atom. The first-order chi connectivity index (χ1) is 8.06. The van der Waals surface area contributed by atoms with Gasteiger partial charge in [0.25, 0.3) is 0 Å². The van der Waals surface area contributed by atoms with E-state index >= 15 is 0 Å². The third kappa shape index (κ3) is 3.20. The molecule has 0 saturated heterocycles. The fourth-order valence-corrected chi connectivity index (χ4v) is 2.65. The molecule has 0 unspecified atom stereocenters. The number of rotatable bonds is 2. The summed E-state index contributed by atoms with van der Waals surface area (Å²) in [4.78, 5) is 0. The number of nitrogen functional groups attached to an aromatic ring is 1. The maximum Gasteiger partial charge on any atom is 0.0614 e. The average molecular weight is 273 g/mol. The molecule has 4 heteroatoms. The molecule has 2 nitrogen and oxygen atoms in total. The minimum atomic E-state index is 0.505. The lowest BCUT2D eigenvalue weighted by Crippen LogP contribution is -2.25. The second-order valence-electron chi connectivity index (χ2n) is 4.95. The van der Waals surface area contributed by atoms with E-state index in [-0.39, 0.29) is 0 Å². The number of hydrogen-bond donors (Lipinski definition) is 2. The zero-order chi connectivity index (χ0) is 12.4. The van der Waals surface area contributed by atoms with Crippen LogP contribution in [0.4, 0.5) is 11.4 Å². The Hall–Kier alpha value is -0.600. The second-order valence-corrected chi connectivity index (χ2v) is 5.77. The van der Waals surface area contributed by atoms with Crippen LogP contribution in [-0.2, 0) is 0 Å². The first-order valence-electron chi connectivity index (χ1n) is 6.07. The summed E-state index contributed by atoms with van der Waals surface area (Å²) >= 11 is 11.9. The summed E-state index contributed by atoms with van der Waals surface area (Å²) in [6.45, 7) is 2.31. The van der Waals surface area contributed by atoms with E-state index in [2.05, 4.69) is 12.2 Å². The van der Waals surface area contributed by atoms with Crippen molar-refractivity contribution in [1.29, 1.82) is 0 Å². The lowest BCUT2D eigenvalue weighted by Gasteiger charge is -2.28. The molecule has 0 bridgehead atoms. The van der Waals surface area contributed by atoms with Gasteiger partial charge in [0.2, 0.25) is 0 Å². The van der Waals surface area contributed by atoms with Crippen LogP contribution in [0.5, 0.6) is 0 Å². The van der Waals surface area contributed by atoms with Crippen LogP contribution >= 0.6 is 23.2 Å². The Kier molecular flexibility index (Phi) is 4.05. The predicted octanol–water partition coefficient (Wildman–Crippen LogP) is 4.57. The average Bonchev–Trinajstić information content (AvgIpc) is 2.29. The fourth-order valence-electron chi connectivity index (χ4n) is 2.31. The molecule has 17 heavy (non-hydrogen) atoms. The minimum Gasteiger partial charge on any atom is -0.397 e. The number of anilines is 2. The van der Waals surface area contributed by atoms with E-state index in [0.29, 0.717) is 21.8 Å². The summed E-state index contributed by atoms with van der Waals surface area (Å²) in [5.74, 6) is 0.846. The second kappa shape index (κ2) is 5.36. The molecule has 0 atom stereocenters. The third-order valence-corrected chi connectivity index (χ3v) is 4.19. The number of nitrogens with one attached hydrogen (secondary N) is 1. The van der Waals surface area contributed by atoms with Crippen molar-refractivity contribution in [3.05, 3.63) is 22.2 Å². The van der Waals surface area contributed by atoms with E-state index in [0.717, 1.165) is 11.6 Å². The highest BCUT2D eigenvalue weighted by Crippen LogP contribution is 2.33. The molecule has 3 N–H and O–H groups in total. The van der Waals surface area contributed by atoms with Crippen molar-refractivity contribution in [3.8, 4) is 0 Å². The molecule has 1 aromatic rings. The quantitative estimate of drug-likeness (QED) is 0.775. The van der Waals surface area contributed by atoms with Gasteiger partial charge in [0, 0.05) is 6.04 Å². The van der Waals surface area contributed by atoms with Crippen molar-refractivity contribution in [2.45, 2.75) is 38.6 Å². The van der Waals surface area contributed by atoms with Gasteiger partial charge in [0.1, 0.15) is 0 Å². The molecule has 2 rings (SSSR count). The molecular weight excluding hydrogens is 255 g/mol. The van der Waals surface area contributed by atoms with Crippen LogP contribution in [0.1, 0.15) is 32.6 Å². The molecule has 1 saturated carbocycles. The molecule has 94 valence electrons. The van der Waals surface area contributed by atoms with Gasteiger partial charge in [0.15, 0.2) is 0 Å². The van der Waals surface area contributed by atoms with Crippen molar-refractivity contribution >= 4 is 34.6 Å². The zero-order valence-corrected chi connectivity index (χ0v) is 11.5. The van der Waals surface area contributed by atoms with Crippen molar-refractivity contribution < 1.29 is 0 Å². The molecule has 1 aliphatic carbocycles. The van der Waals surface area contributed by atoms with Crippen LogP contribution in [0, 0.1) is 5.92 Å². The monoisotopic (exact) mass is 272 g/mol. The van der Waals surface area contributed by atoms with E-state index in [1.54, 1.807) is 6.07 Å². The number of halogens is 2. The molecule has 1 fully saturated rings. The molecule has 0 heterocycles. The maximum absolute atomic E-state index is 6.00. The van der Waals surface area contributed by atoms with Crippen molar-refractivity contribution in [2.75, 3.05) is 11.1 Å².